The molecule has 1 fully saturated rings. The number of fused-ring (bicyclic) bond motifs is 1. The lowest BCUT2D eigenvalue weighted by molar-refractivity contribution is -0.131. The van der Waals surface area contributed by atoms with Gasteiger partial charge in [0.1, 0.15) is 11.4 Å². The molecule has 1 N–H and O–H groups in total. The Morgan fingerprint density at radius 3 is 3.16 bits per heavy atom. The van der Waals surface area contributed by atoms with Gasteiger partial charge >= 0.3 is 0 Å². The maximum atomic E-state index is 12.1. The first kappa shape index (κ1) is 12.3. The van der Waals surface area contributed by atoms with Crippen LogP contribution in [0.3, 0.4) is 0 Å². The van der Waals surface area contributed by atoms with E-state index in [9.17, 15) is 14.7 Å². The quantitative estimate of drug-likeness (QED) is 0.843. The number of nitrogens with zero attached hydrogens (tertiary/aromatic N) is 3. The molecule has 2 aromatic heterocycles. The van der Waals surface area contributed by atoms with Crippen LogP contribution in [0.2, 0.25) is 0 Å². The lowest BCUT2D eigenvalue weighted by Crippen LogP contribution is -2.35. The van der Waals surface area contributed by atoms with Gasteiger partial charge in [0.25, 0.3) is 5.56 Å². The van der Waals surface area contributed by atoms with Crippen molar-refractivity contribution in [2.75, 3.05) is 13.1 Å². The summed E-state index contributed by atoms with van der Waals surface area (Å²) in [5, 5.41) is 11.8. The minimum Gasteiger partial charge on any atom is -0.391 e. The molecule has 3 heterocycles. The average Bonchev–Trinajstić information content (AvgIpc) is 3.01. The van der Waals surface area contributed by atoms with Gasteiger partial charge in [-0.2, -0.15) is 0 Å². The number of carbonyl (C=O) groups is 1. The molecule has 1 aliphatic heterocycles. The van der Waals surface area contributed by atoms with Crippen molar-refractivity contribution in [2.24, 2.45) is 0 Å². The molecule has 0 aliphatic carbocycles. The van der Waals surface area contributed by atoms with E-state index in [0.29, 0.717) is 29.7 Å². The monoisotopic (exact) mass is 279 g/mol. The fourth-order valence-electron chi connectivity index (χ4n) is 2.22. The number of aromatic nitrogens is 2. The Kier molecular flexibility index (Phi) is 3.08. The molecular weight excluding hydrogens is 266 g/mol. The minimum absolute atomic E-state index is 0.0235. The molecule has 0 spiro atoms. The van der Waals surface area contributed by atoms with E-state index >= 15 is 0 Å². The molecule has 1 atom stereocenters. The summed E-state index contributed by atoms with van der Waals surface area (Å²) in [6.45, 7) is 0.870. The van der Waals surface area contributed by atoms with Gasteiger partial charge < -0.3 is 10.0 Å². The lowest BCUT2D eigenvalue weighted by atomic mass is 10.3. The molecule has 1 aliphatic rings. The van der Waals surface area contributed by atoms with Crippen LogP contribution in [-0.2, 0) is 11.3 Å². The molecule has 0 bridgehead atoms. The molecule has 1 unspecified atom stereocenters. The van der Waals surface area contributed by atoms with Gasteiger partial charge in [-0.25, -0.2) is 4.98 Å². The Morgan fingerprint density at radius 1 is 1.58 bits per heavy atom. The normalized spacial score (nSPS) is 19.2. The smallest absolute Gasteiger partial charge is 0.262 e. The first-order valence-corrected chi connectivity index (χ1v) is 6.91. The SMILES string of the molecule is O=C(Cn1cnc2sccc2c1=O)N1CCC(O)C1. The van der Waals surface area contributed by atoms with E-state index in [2.05, 4.69) is 4.98 Å². The highest BCUT2D eigenvalue weighted by Gasteiger charge is 2.24. The summed E-state index contributed by atoms with van der Waals surface area (Å²) in [5.74, 6) is -0.157. The molecular formula is C12H13N3O3S. The molecule has 6 nitrogen and oxygen atoms in total. The third-order valence-electron chi connectivity index (χ3n) is 3.27. The highest BCUT2D eigenvalue weighted by Crippen LogP contribution is 2.14. The zero-order valence-corrected chi connectivity index (χ0v) is 11.0. The molecule has 7 heteroatoms. The number of hydrogen-bond donors (Lipinski definition) is 1. The Hall–Kier alpha value is -1.73. The molecule has 19 heavy (non-hydrogen) atoms. The topological polar surface area (TPSA) is 75.4 Å². The van der Waals surface area contributed by atoms with E-state index in [1.807, 2.05) is 5.38 Å². The third-order valence-corrected chi connectivity index (χ3v) is 4.09. The largest absolute Gasteiger partial charge is 0.391 e. The molecule has 0 aromatic carbocycles. The summed E-state index contributed by atoms with van der Waals surface area (Å²) in [4.78, 5) is 30.6. The summed E-state index contributed by atoms with van der Waals surface area (Å²) in [6, 6.07) is 1.72. The van der Waals surface area contributed by atoms with Crippen LogP contribution in [0.5, 0.6) is 0 Å². The Balaban J connectivity index is 1.83. The Bertz CT molecular complexity index is 678. The van der Waals surface area contributed by atoms with Crippen LogP contribution >= 0.6 is 11.3 Å². The van der Waals surface area contributed by atoms with E-state index in [1.54, 1.807) is 11.0 Å². The Morgan fingerprint density at radius 2 is 2.42 bits per heavy atom. The van der Waals surface area contributed by atoms with Gasteiger partial charge in [-0.3, -0.25) is 14.2 Å². The van der Waals surface area contributed by atoms with Crippen LogP contribution < -0.4 is 5.56 Å². The fourth-order valence-corrected chi connectivity index (χ4v) is 2.94. The second kappa shape index (κ2) is 4.75. The molecule has 100 valence electrons. The Labute approximate surface area is 112 Å². The molecule has 3 rings (SSSR count). The third kappa shape index (κ3) is 2.26. The summed E-state index contributed by atoms with van der Waals surface area (Å²) in [5.41, 5.74) is -0.195. The average molecular weight is 279 g/mol. The van der Waals surface area contributed by atoms with Gasteiger partial charge in [-0.15, -0.1) is 11.3 Å². The first-order valence-electron chi connectivity index (χ1n) is 6.03. The van der Waals surface area contributed by atoms with E-state index < -0.39 is 6.10 Å². The van der Waals surface area contributed by atoms with Crippen molar-refractivity contribution in [2.45, 2.75) is 19.1 Å². The number of hydrogen-bond acceptors (Lipinski definition) is 5. The van der Waals surface area contributed by atoms with Crippen molar-refractivity contribution in [3.05, 3.63) is 28.1 Å². The van der Waals surface area contributed by atoms with Gasteiger partial charge in [0, 0.05) is 13.1 Å². The first-order chi connectivity index (χ1) is 9.15. The zero-order chi connectivity index (χ0) is 13.4. The van der Waals surface area contributed by atoms with E-state index in [-0.39, 0.29) is 18.0 Å². The number of amides is 1. The second-order valence-corrected chi connectivity index (χ2v) is 5.49. The lowest BCUT2D eigenvalue weighted by Gasteiger charge is -2.15. The van der Waals surface area contributed by atoms with E-state index in [0.717, 1.165) is 0 Å². The van der Waals surface area contributed by atoms with Gasteiger partial charge in [0.2, 0.25) is 5.91 Å². The van der Waals surface area contributed by atoms with E-state index in [1.165, 1.54) is 22.2 Å². The zero-order valence-electron chi connectivity index (χ0n) is 10.2. The van der Waals surface area contributed by atoms with Crippen molar-refractivity contribution in [1.29, 1.82) is 0 Å². The molecule has 1 saturated heterocycles. The van der Waals surface area contributed by atoms with Crippen LogP contribution in [0.4, 0.5) is 0 Å². The van der Waals surface area contributed by atoms with Crippen LogP contribution in [-0.4, -0.2) is 44.7 Å². The predicted molar refractivity (Wildman–Crippen MR) is 71.1 cm³/mol. The minimum atomic E-state index is -0.446. The van der Waals surface area contributed by atoms with Crippen LogP contribution in [0.25, 0.3) is 10.2 Å². The van der Waals surface area contributed by atoms with Crippen LogP contribution in [0, 0.1) is 0 Å². The summed E-state index contributed by atoms with van der Waals surface area (Å²) < 4.78 is 1.32. The number of aliphatic hydroxyl groups excluding tert-OH is 1. The predicted octanol–water partition coefficient (Wildman–Crippen LogP) is 0.0512. The fraction of sp³-hybridized carbons (Fsp3) is 0.417. The van der Waals surface area contributed by atoms with Gasteiger partial charge in [0.15, 0.2) is 0 Å². The highest BCUT2D eigenvalue weighted by atomic mass is 32.1. The molecule has 0 radical (unpaired) electrons. The van der Waals surface area contributed by atoms with Crippen molar-refractivity contribution in [3.8, 4) is 0 Å². The number of rotatable bonds is 2. The highest BCUT2D eigenvalue weighted by molar-refractivity contribution is 7.16. The molecule has 2 aromatic rings. The van der Waals surface area contributed by atoms with Crippen molar-refractivity contribution >= 4 is 27.5 Å². The number of carbonyl (C=O) groups excluding carboxylic acids is 1. The van der Waals surface area contributed by atoms with Gasteiger partial charge in [0.05, 0.1) is 17.8 Å². The standard InChI is InChI=1S/C12H13N3O3S/c16-8-1-3-14(5-8)10(17)6-15-7-13-11-9(12(15)18)2-4-19-11/h2,4,7-8,16H,1,3,5-6H2. The number of thiophene rings is 1. The second-order valence-electron chi connectivity index (χ2n) is 4.60. The molecule has 0 saturated carbocycles. The van der Waals surface area contributed by atoms with Crippen LogP contribution in [0.15, 0.2) is 22.6 Å². The summed E-state index contributed by atoms with van der Waals surface area (Å²) in [6.07, 6.45) is 1.56. The van der Waals surface area contributed by atoms with Crippen molar-refractivity contribution in [3.63, 3.8) is 0 Å². The maximum absolute atomic E-state index is 12.1. The van der Waals surface area contributed by atoms with Gasteiger partial charge in [-0.05, 0) is 17.9 Å². The van der Waals surface area contributed by atoms with E-state index in [4.69, 9.17) is 0 Å². The number of aliphatic hydroxyl groups is 1. The van der Waals surface area contributed by atoms with Crippen molar-refractivity contribution < 1.29 is 9.90 Å². The summed E-state index contributed by atoms with van der Waals surface area (Å²) >= 11 is 1.40. The maximum Gasteiger partial charge on any atom is 0.262 e. The molecule has 1 amide bonds. The van der Waals surface area contributed by atoms with Gasteiger partial charge in [-0.1, -0.05) is 0 Å². The number of likely N-dealkylation sites (tertiary alicyclic amines) is 1. The van der Waals surface area contributed by atoms with Crippen molar-refractivity contribution in [1.82, 2.24) is 14.5 Å². The number of β-amino-alcohol motifs (C(OH)–C–C–N with tert-alkyl or cyclic N) is 1. The van der Waals surface area contributed by atoms with Crippen LogP contribution in [0.1, 0.15) is 6.42 Å². The summed E-state index contributed by atoms with van der Waals surface area (Å²) in [7, 11) is 0.